The summed E-state index contributed by atoms with van der Waals surface area (Å²) in [6, 6.07) is 18.3. The molecule has 0 bridgehead atoms. The highest BCUT2D eigenvalue weighted by molar-refractivity contribution is 5.86. The van der Waals surface area contributed by atoms with E-state index in [9.17, 15) is 9.59 Å². The Morgan fingerprint density at radius 1 is 0.943 bits per heavy atom. The minimum atomic E-state index is -0.0195. The Bertz CT molecular complexity index is 1090. The molecule has 186 valence electrons. The number of nitrogens with zero attached hydrogens (tertiary/aromatic N) is 2. The molecule has 2 amide bonds. The van der Waals surface area contributed by atoms with Crippen molar-refractivity contribution < 1.29 is 14.3 Å². The molecule has 1 aromatic heterocycles. The van der Waals surface area contributed by atoms with Crippen LogP contribution in [0.15, 0.2) is 60.8 Å². The Balaban J connectivity index is 1.48. The Hall–Kier alpha value is -3.12. The summed E-state index contributed by atoms with van der Waals surface area (Å²) >= 11 is 0. The summed E-state index contributed by atoms with van der Waals surface area (Å²) in [6.45, 7) is 2.08. The summed E-state index contributed by atoms with van der Waals surface area (Å²) in [6.07, 6.45) is 8.00. The summed E-state index contributed by atoms with van der Waals surface area (Å²) in [5.74, 6) is 0.113. The third-order valence-electron chi connectivity index (χ3n) is 7.05. The van der Waals surface area contributed by atoms with Crippen LogP contribution in [0.4, 0.5) is 0 Å². The molecule has 3 aromatic rings. The van der Waals surface area contributed by atoms with E-state index >= 15 is 0 Å². The smallest absolute Gasteiger partial charge is 0.242 e. The van der Waals surface area contributed by atoms with E-state index < -0.39 is 0 Å². The van der Waals surface area contributed by atoms with E-state index in [2.05, 4.69) is 17.1 Å². The van der Waals surface area contributed by atoms with Crippen LogP contribution in [0.1, 0.15) is 43.2 Å². The van der Waals surface area contributed by atoms with Gasteiger partial charge in [0.05, 0.1) is 13.2 Å². The van der Waals surface area contributed by atoms with Crippen molar-refractivity contribution in [3.05, 3.63) is 71.9 Å². The lowest BCUT2D eigenvalue weighted by Crippen LogP contribution is -2.46. The molecule has 6 nitrogen and oxygen atoms in total. The molecule has 0 atom stereocenters. The Labute approximate surface area is 208 Å². The molecular weight excluding hydrogens is 438 g/mol. The van der Waals surface area contributed by atoms with Gasteiger partial charge in [-0.1, -0.05) is 67.8 Å². The summed E-state index contributed by atoms with van der Waals surface area (Å²) in [7, 11) is 1.63. The van der Waals surface area contributed by atoms with Crippen molar-refractivity contribution in [1.29, 1.82) is 0 Å². The van der Waals surface area contributed by atoms with E-state index in [1.54, 1.807) is 12.0 Å². The average molecular weight is 476 g/mol. The van der Waals surface area contributed by atoms with Crippen molar-refractivity contribution in [3.63, 3.8) is 0 Å². The lowest BCUT2D eigenvalue weighted by atomic mass is 9.88. The van der Waals surface area contributed by atoms with Crippen LogP contribution in [0.5, 0.6) is 0 Å². The summed E-state index contributed by atoms with van der Waals surface area (Å²) < 4.78 is 5.26. The molecule has 2 aromatic carbocycles. The van der Waals surface area contributed by atoms with Crippen molar-refractivity contribution in [2.45, 2.75) is 45.1 Å². The lowest BCUT2D eigenvalue weighted by molar-refractivity contribution is -0.144. The SMILES string of the molecule is COCCN(CC(=O)N(CCc1c[nH]c2ccccc12)Cc1ccccc1)C(=O)C1CCCCC1. The number of aromatic amines is 1. The van der Waals surface area contributed by atoms with Crippen molar-refractivity contribution >= 4 is 22.7 Å². The van der Waals surface area contributed by atoms with Crippen LogP contribution in [0.25, 0.3) is 10.9 Å². The molecule has 0 spiro atoms. The number of carbonyl (C=O) groups excluding carboxylic acids is 2. The van der Waals surface area contributed by atoms with Crippen molar-refractivity contribution in [3.8, 4) is 0 Å². The highest BCUT2D eigenvalue weighted by Crippen LogP contribution is 2.25. The number of ether oxygens (including phenoxy) is 1. The summed E-state index contributed by atoms with van der Waals surface area (Å²) in [5, 5.41) is 1.19. The number of aromatic nitrogens is 1. The number of hydrogen-bond donors (Lipinski definition) is 1. The van der Waals surface area contributed by atoms with Crippen LogP contribution in [0, 0.1) is 5.92 Å². The molecule has 0 saturated heterocycles. The van der Waals surface area contributed by atoms with Gasteiger partial charge in [-0.05, 0) is 36.5 Å². The number of H-pyrrole nitrogens is 1. The van der Waals surface area contributed by atoms with Crippen LogP contribution < -0.4 is 0 Å². The molecule has 6 heteroatoms. The Morgan fingerprint density at radius 2 is 1.69 bits per heavy atom. The zero-order valence-electron chi connectivity index (χ0n) is 20.7. The number of amides is 2. The molecule has 0 aliphatic heterocycles. The van der Waals surface area contributed by atoms with Gasteiger partial charge in [0.2, 0.25) is 11.8 Å². The molecule has 0 unspecified atom stereocenters. The maximum atomic E-state index is 13.6. The van der Waals surface area contributed by atoms with Gasteiger partial charge in [0, 0.05) is 49.8 Å². The number of methoxy groups -OCH3 is 1. The number of fused-ring (bicyclic) bond motifs is 1. The number of carbonyl (C=O) groups is 2. The van der Waals surface area contributed by atoms with E-state index in [1.807, 2.05) is 53.6 Å². The molecule has 1 fully saturated rings. The molecule has 1 aliphatic carbocycles. The number of rotatable bonds is 11. The maximum absolute atomic E-state index is 13.6. The fraction of sp³-hybridized carbons (Fsp3) is 0.448. The summed E-state index contributed by atoms with van der Waals surface area (Å²) in [5.41, 5.74) is 3.38. The molecular formula is C29H37N3O3. The van der Waals surface area contributed by atoms with Crippen LogP contribution in [-0.2, 0) is 27.3 Å². The first kappa shape index (κ1) is 25.0. The number of hydrogen-bond acceptors (Lipinski definition) is 3. The largest absolute Gasteiger partial charge is 0.383 e. The monoisotopic (exact) mass is 475 g/mol. The fourth-order valence-corrected chi connectivity index (χ4v) is 5.03. The predicted molar refractivity (Wildman–Crippen MR) is 139 cm³/mol. The highest BCUT2D eigenvalue weighted by atomic mass is 16.5. The topological polar surface area (TPSA) is 65.6 Å². The highest BCUT2D eigenvalue weighted by Gasteiger charge is 2.28. The van der Waals surface area contributed by atoms with E-state index in [1.165, 1.54) is 17.4 Å². The number of para-hydroxylation sites is 1. The van der Waals surface area contributed by atoms with Gasteiger partial charge in [0.1, 0.15) is 0 Å². The van der Waals surface area contributed by atoms with Gasteiger partial charge in [-0.3, -0.25) is 9.59 Å². The molecule has 0 radical (unpaired) electrons. The van der Waals surface area contributed by atoms with E-state index in [0.29, 0.717) is 26.2 Å². The minimum Gasteiger partial charge on any atom is -0.383 e. The van der Waals surface area contributed by atoms with E-state index in [0.717, 1.165) is 43.2 Å². The zero-order valence-corrected chi connectivity index (χ0v) is 20.7. The zero-order chi connectivity index (χ0) is 24.5. The van der Waals surface area contributed by atoms with Gasteiger partial charge in [0.25, 0.3) is 0 Å². The molecule has 1 aliphatic rings. The second kappa shape index (κ2) is 12.5. The van der Waals surface area contributed by atoms with Crippen molar-refractivity contribution in [1.82, 2.24) is 14.8 Å². The third kappa shape index (κ3) is 6.73. The molecule has 1 saturated carbocycles. The first-order valence-electron chi connectivity index (χ1n) is 12.8. The van der Waals surface area contributed by atoms with Gasteiger partial charge in [0.15, 0.2) is 0 Å². The van der Waals surface area contributed by atoms with Gasteiger partial charge in [-0.15, -0.1) is 0 Å². The van der Waals surface area contributed by atoms with Gasteiger partial charge in [-0.2, -0.15) is 0 Å². The molecule has 4 rings (SSSR count). The molecule has 1 N–H and O–H groups in total. The lowest BCUT2D eigenvalue weighted by Gasteiger charge is -2.31. The quantitative estimate of drug-likeness (QED) is 0.433. The second-order valence-electron chi connectivity index (χ2n) is 9.50. The minimum absolute atomic E-state index is 0.0195. The average Bonchev–Trinajstić information content (AvgIpc) is 3.32. The van der Waals surface area contributed by atoms with Crippen molar-refractivity contribution in [2.24, 2.45) is 5.92 Å². The van der Waals surface area contributed by atoms with Crippen LogP contribution in [0.2, 0.25) is 0 Å². The Morgan fingerprint density at radius 3 is 2.46 bits per heavy atom. The van der Waals surface area contributed by atoms with Crippen LogP contribution >= 0.6 is 0 Å². The number of benzene rings is 2. The standard InChI is InChI=1S/C29H37N3O3/c1-35-19-18-32(29(34)24-12-6-3-7-13-24)22-28(33)31(21-23-10-4-2-5-11-23)17-16-25-20-30-27-15-9-8-14-26(25)27/h2,4-5,8-11,14-15,20,24,30H,3,6-7,12-13,16-19,21-22H2,1H3. The number of nitrogens with one attached hydrogen (secondary N) is 1. The normalized spacial score (nSPS) is 14.2. The van der Waals surface area contributed by atoms with Gasteiger partial charge >= 0.3 is 0 Å². The van der Waals surface area contributed by atoms with Crippen molar-refractivity contribution in [2.75, 3.05) is 33.4 Å². The summed E-state index contributed by atoms with van der Waals surface area (Å²) in [4.78, 5) is 33.9. The fourth-order valence-electron chi connectivity index (χ4n) is 5.03. The van der Waals surface area contributed by atoms with Gasteiger partial charge < -0.3 is 19.5 Å². The van der Waals surface area contributed by atoms with Crippen LogP contribution in [-0.4, -0.2) is 59.9 Å². The van der Waals surface area contributed by atoms with E-state index in [-0.39, 0.29) is 24.3 Å². The first-order chi connectivity index (χ1) is 17.2. The molecule has 35 heavy (non-hydrogen) atoms. The second-order valence-corrected chi connectivity index (χ2v) is 9.50. The third-order valence-corrected chi connectivity index (χ3v) is 7.05. The predicted octanol–water partition coefficient (Wildman–Crippen LogP) is 4.79. The maximum Gasteiger partial charge on any atom is 0.242 e. The Kier molecular flexibility index (Phi) is 8.96. The van der Waals surface area contributed by atoms with Crippen LogP contribution in [0.3, 0.4) is 0 Å². The first-order valence-corrected chi connectivity index (χ1v) is 12.8. The van der Waals surface area contributed by atoms with Gasteiger partial charge in [-0.25, -0.2) is 0 Å². The van der Waals surface area contributed by atoms with E-state index in [4.69, 9.17) is 4.74 Å². The molecule has 1 heterocycles.